The molecule has 156 valence electrons. The number of hydrogen-bond donors (Lipinski definition) is 2. The SMILES string of the molecule is CCNC(=NCc1ccc2c(c1)OCO2)NCc1ccc(S(=O)(=O)N(C)C)cc1. The maximum atomic E-state index is 12.1. The van der Waals surface area contributed by atoms with Crippen LogP contribution in [0.3, 0.4) is 0 Å². The van der Waals surface area contributed by atoms with Gasteiger partial charge in [-0.15, -0.1) is 0 Å². The number of hydrogen-bond acceptors (Lipinski definition) is 5. The lowest BCUT2D eigenvalue weighted by Gasteiger charge is -2.13. The van der Waals surface area contributed by atoms with Gasteiger partial charge in [0.05, 0.1) is 11.4 Å². The Kier molecular flexibility index (Phi) is 6.60. The average molecular weight is 419 g/mol. The summed E-state index contributed by atoms with van der Waals surface area (Å²) in [7, 11) is -0.384. The van der Waals surface area contributed by atoms with Crippen molar-refractivity contribution < 1.29 is 17.9 Å². The predicted molar refractivity (Wildman–Crippen MR) is 112 cm³/mol. The topological polar surface area (TPSA) is 92.3 Å². The van der Waals surface area contributed by atoms with E-state index < -0.39 is 10.0 Å². The molecule has 0 radical (unpaired) electrons. The van der Waals surface area contributed by atoms with Crippen LogP contribution >= 0.6 is 0 Å². The molecule has 0 fully saturated rings. The number of ether oxygens (including phenoxy) is 2. The van der Waals surface area contributed by atoms with E-state index in [0.717, 1.165) is 29.2 Å². The second kappa shape index (κ2) is 9.15. The van der Waals surface area contributed by atoms with Gasteiger partial charge in [0, 0.05) is 27.2 Å². The van der Waals surface area contributed by atoms with Gasteiger partial charge >= 0.3 is 0 Å². The highest BCUT2D eigenvalue weighted by Gasteiger charge is 2.16. The first kappa shape index (κ1) is 20.9. The second-order valence-corrected chi connectivity index (χ2v) is 8.82. The van der Waals surface area contributed by atoms with Gasteiger partial charge < -0.3 is 20.1 Å². The van der Waals surface area contributed by atoms with E-state index in [1.54, 1.807) is 24.3 Å². The van der Waals surface area contributed by atoms with E-state index in [-0.39, 0.29) is 11.7 Å². The first-order valence-electron chi connectivity index (χ1n) is 9.32. The molecule has 2 aromatic carbocycles. The first-order chi connectivity index (χ1) is 13.9. The van der Waals surface area contributed by atoms with Gasteiger partial charge in [-0.05, 0) is 42.3 Å². The Hall–Kier alpha value is -2.78. The summed E-state index contributed by atoms with van der Waals surface area (Å²) in [5.74, 6) is 2.17. The largest absolute Gasteiger partial charge is 0.454 e. The molecule has 0 saturated heterocycles. The molecule has 2 aromatic rings. The highest BCUT2D eigenvalue weighted by Crippen LogP contribution is 2.32. The van der Waals surface area contributed by atoms with Crippen LogP contribution in [-0.4, -0.2) is 46.1 Å². The second-order valence-electron chi connectivity index (χ2n) is 6.67. The van der Waals surface area contributed by atoms with E-state index in [9.17, 15) is 8.42 Å². The van der Waals surface area contributed by atoms with Gasteiger partial charge in [-0.2, -0.15) is 0 Å². The number of fused-ring (bicyclic) bond motifs is 1. The van der Waals surface area contributed by atoms with Crippen molar-refractivity contribution in [2.45, 2.75) is 24.9 Å². The highest BCUT2D eigenvalue weighted by atomic mass is 32.2. The quantitative estimate of drug-likeness (QED) is 0.527. The summed E-state index contributed by atoms with van der Waals surface area (Å²) in [6.45, 7) is 3.99. The molecule has 2 N–H and O–H groups in total. The zero-order chi connectivity index (χ0) is 20.9. The number of nitrogens with one attached hydrogen (secondary N) is 2. The minimum absolute atomic E-state index is 0.251. The molecule has 1 aliphatic rings. The molecule has 0 aliphatic carbocycles. The van der Waals surface area contributed by atoms with Gasteiger partial charge in [-0.1, -0.05) is 18.2 Å². The predicted octanol–water partition coefficient (Wildman–Crippen LogP) is 1.92. The zero-order valence-corrected chi connectivity index (χ0v) is 17.6. The molecule has 3 rings (SSSR count). The van der Waals surface area contributed by atoms with Gasteiger partial charge in [0.2, 0.25) is 16.8 Å². The summed E-state index contributed by atoms with van der Waals surface area (Å²) < 4.78 is 36.2. The van der Waals surface area contributed by atoms with Crippen LogP contribution in [0.5, 0.6) is 11.5 Å². The van der Waals surface area contributed by atoms with Crippen LogP contribution in [0.1, 0.15) is 18.1 Å². The maximum absolute atomic E-state index is 12.1. The molecule has 1 heterocycles. The minimum Gasteiger partial charge on any atom is -0.454 e. The van der Waals surface area contributed by atoms with Crippen molar-refractivity contribution in [1.82, 2.24) is 14.9 Å². The lowest BCUT2D eigenvalue weighted by Crippen LogP contribution is -2.36. The molecule has 0 atom stereocenters. The fourth-order valence-electron chi connectivity index (χ4n) is 2.73. The number of sulfonamides is 1. The Morgan fingerprint density at radius 3 is 2.41 bits per heavy atom. The van der Waals surface area contributed by atoms with E-state index in [0.29, 0.717) is 19.0 Å². The van der Waals surface area contributed by atoms with Gasteiger partial charge in [-0.3, -0.25) is 0 Å². The fraction of sp³-hybridized carbons (Fsp3) is 0.350. The van der Waals surface area contributed by atoms with Gasteiger partial charge in [-0.25, -0.2) is 17.7 Å². The number of nitrogens with zero attached hydrogens (tertiary/aromatic N) is 2. The van der Waals surface area contributed by atoms with E-state index >= 15 is 0 Å². The van der Waals surface area contributed by atoms with Crippen molar-refractivity contribution >= 4 is 16.0 Å². The maximum Gasteiger partial charge on any atom is 0.242 e. The van der Waals surface area contributed by atoms with Crippen LogP contribution < -0.4 is 20.1 Å². The average Bonchev–Trinajstić information content (AvgIpc) is 3.18. The third-order valence-electron chi connectivity index (χ3n) is 4.36. The number of benzene rings is 2. The lowest BCUT2D eigenvalue weighted by molar-refractivity contribution is 0.174. The molecular weight excluding hydrogens is 392 g/mol. The number of aliphatic imine (C=N–C) groups is 1. The lowest BCUT2D eigenvalue weighted by atomic mass is 10.2. The highest BCUT2D eigenvalue weighted by molar-refractivity contribution is 7.89. The molecule has 8 nitrogen and oxygen atoms in total. The van der Waals surface area contributed by atoms with E-state index in [4.69, 9.17) is 9.47 Å². The van der Waals surface area contributed by atoms with Gasteiger partial charge in [0.1, 0.15) is 0 Å². The molecule has 0 spiro atoms. The zero-order valence-electron chi connectivity index (χ0n) is 16.8. The normalized spacial score (nSPS) is 13.6. The van der Waals surface area contributed by atoms with E-state index in [1.807, 2.05) is 25.1 Å². The molecule has 0 saturated carbocycles. The van der Waals surface area contributed by atoms with Gasteiger partial charge in [0.15, 0.2) is 17.5 Å². The summed E-state index contributed by atoms with van der Waals surface area (Å²) >= 11 is 0. The van der Waals surface area contributed by atoms with E-state index in [2.05, 4.69) is 15.6 Å². The molecule has 0 aromatic heterocycles. The monoisotopic (exact) mass is 418 g/mol. The Morgan fingerprint density at radius 1 is 1.03 bits per heavy atom. The van der Waals surface area contributed by atoms with Crippen molar-refractivity contribution in [3.63, 3.8) is 0 Å². The smallest absolute Gasteiger partial charge is 0.242 e. The molecule has 0 bridgehead atoms. The van der Waals surface area contributed by atoms with Crippen molar-refractivity contribution in [2.75, 3.05) is 27.4 Å². The Bertz CT molecular complexity index is 972. The fourth-order valence-corrected chi connectivity index (χ4v) is 3.63. The third-order valence-corrected chi connectivity index (χ3v) is 6.19. The van der Waals surface area contributed by atoms with Crippen LogP contribution in [0, 0.1) is 0 Å². The summed E-state index contributed by atoms with van der Waals surface area (Å²) in [4.78, 5) is 4.87. The molecule has 1 aliphatic heterocycles. The third kappa shape index (κ3) is 5.18. The summed E-state index contributed by atoms with van der Waals surface area (Å²) in [5, 5.41) is 6.47. The molecule has 0 amide bonds. The summed E-state index contributed by atoms with van der Waals surface area (Å²) in [5.41, 5.74) is 1.97. The van der Waals surface area contributed by atoms with E-state index in [1.165, 1.54) is 18.4 Å². The minimum atomic E-state index is -3.42. The summed E-state index contributed by atoms with van der Waals surface area (Å²) in [6, 6.07) is 12.6. The first-order valence-corrected chi connectivity index (χ1v) is 10.8. The molecule has 29 heavy (non-hydrogen) atoms. The molecule has 9 heteroatoms. The van der Waals surface area contributed by atoms with Crippen LogP contribution in [0.2, 0.25) is 0 Å². The molecular formula is C20H26N4O4S. The summed E-state index contributed by atoms with van der Waals surface area (Å²) in [6.07, 6.45) is 0. The standard InChI is InChI=1S/C20H26N4O4S/c1-4-21-20(23-13-16-7-10-18-19(11-16)28-14-27-18)22-12-15-5-8-17(9-6-15)29(25,26)24(2)3/h5-11H,4,12-14H2,1-3H3,(H2,21,22,23). The van der Waals surface area contributed by atoms with Crippen molar-refractivity contribution in [3.8, 4) is 11.5 Å². The van der Waals surface area contributed by atoms with Gasteiger partial charge in [0.25, 0.3) is 0 Å². The van der Waals surface area contributed by atoms with Crippen molar-refractivity contribution in [2.24, 2.45) is 4.99 Å². The van der Waals surface area contributed by atoms with Crippen LogP contribution in [0.4, 0.5) is 0 Å². The van der Waals surface area contributed by atoms with Crippen molar-refractivity contribution in [1.29, 1.82) is 0 Å². The van der Waals surface area contributed by atoms with Crippen LogP contribution in [0.15, 0.2) is 52.4 Å². The molecule has 0 unspecified atom stereocenters. The van der Waals surface area contributed by atoms with Crippen LogP contribution in [0.25, 0.3) is 0 Å². The Labute approximate surface area is 171 Å². The number of rotatable bonds is 7. The van der Waals surface area contributed by atoms with Crippen molar-refractivity contribution in [3.05, 3.63) is 53.6 Å². The Morgan fingerprint density at radius 2 is 1.72 bits per heavy atom. The van der Waals surface area contributed by atoms with Crippen LogP contribution in [-0.2, 0) is 23.1 Å². The number of guanidine groups is 1. The Balaban J connectivity index is 1.62.